The maximum atomic E-state index is 10.6. The number of hydrogen-bond donors (Lipinski definition) is 1. The van der Waals surface area contributed by atoms with Crippen LogP contribution in [-0.2, 0) is 12.8 Å². The van der Waals surface area contributed by atoms with E-state index in [-0.39, 0.29) is 0 Å². The summed E-state index contributed by atoms with van der Waals surface area (Å²) >= 11 is 5.10. The number of hydrogen-bond acceptors (Lipinski definition) is 4. The molecule has 0 aliphatic heterocycles. The molecule has 5 heteroatoms. The summed E-state index contributed by atoms with van der Waals surface area (Å²) in [5, 5.41) is 10.6. The first-order valence-corrected chi connectivity index (χ1v) is 8.22. The summed E-state index contributed by atoms with van der Waals surface area (Å²) in [6.45, 7) is 1.86. The average molecular weight is 371 g/mol. The van der Waals surface area contributed by atoms with Crippen LogP contribution in [0.3, 0.4) is 0 Å². The average Bonchev–Trinajstić information content (AvgIpc) is 2.82. The van der Waals surface area contributed by atoms with E-state index in [0.29, 0.717) is 24.3 Å². The van der Waals surface area contributed by atoms with Gasteiger partial charge in [-0.15, -0.1) is 11.3 Å². The van der Waals surface area contributed by atoms with Crippen LogP contribution in [0.5, 0.6) is 11.5 Å². The fraction of sp³-hybridized carbons (Fsp3) is 0.375. The van der Waals surface area contributed by atoms with Crippen molar-refractivity contribution in [1.29, 1.82) is 0 Å². The van der Waals surface area contributed by atoms with Crippen LogP contribution < -0.4 is 9.47 Å². The molecule has 0 saturated carbocycles. The molecule has 0 aliphatic carbocycles. The van der Waals surface area contributed by atoms with Crippen LogP contribution in [0.15, 0.2) is 34.1 Å². The number of methoxy groups -OCH3 is 2. The molecule has 1 aromatic heterocycles. The van der Waals surface area contributed by atoms with Gasteiger partial charge >= 0.3 is 0 Å². The second-order valence-electron chi connectivity index (χ2n) is 5.25. The maximum absolute atomic E-state index is 10.6. The van der Waals surface area contributed by atoms with Crippen molar-refractivity contribution >= 4 is 27.3 Å². The number of thiophene rings is 1. The molecule has 0 spiro atoms. The van der Waals surface area contributed by atoms with E-state index in [9.17, 15) is 5.11 Å². The lowest BCUT2D eigenvalue weighted by atomic mass is 9.92. The van der Waals surface area contributed by atoms with Crippen molar-refractivity contribution in [3.8, 4) is 11.5 Å². The lowest BCUT2D eigenvalue weighted by molar-refractivity contribution is 0.0616. The van der Waals surface area contributed by atoms with Gasteiger partial charge in [0.05, 0.1) is 23.6 Å². The molecule has 21 heavy (non-hydrogen) atoms. The number of rotatable bonds is 6. The van der Waals surface area contributed by atoms with Crippen LogP contribution in [0.25, 0.3) is 0 Å². The minimum absolute atomic E-state index is 0.558. The third kappa shape index (κ3) is 4.46. The predicted molar refractivity (Wildman–Crippen MR) is 89.6 cm³/mol. The SMILES string of the molecule is COc1ccc(CC(C)(O)Cc2ccc(Br)s2)cc1OC. The van der Waals surface area contributed by atoms with Gasteiger partial charge in [0, 0.05) is 17.7 Å². The van der Waals surface area contributed by atoms with Crippen LogP contribution in [0.4, 0.5) is 0 Å². The maximum Gasteiger partial charge on any atom is 0.160 e. The Hall–Kier alpha value is -1.04. The van der Waals surface area contributed by atoms with Crippen LogP contribution in [-0.4, -0.2) is 24.9 Å². The molecule has 1 heterocycles. The lowest BCUT2D eigenvalue weighted by Gasteiger charge is -2.23. The topological polar surface area (TPSA) is 38.7 Å². The van der Waals surface area contributed by atoms with Gasteiger partial charge in [0.15, 0.2) is 11.5 Å². The van der Waals surface area contributed by atoms with E-state index in [0.717, 1.165) is 14.2 Å². The highest BCUT2D eigenvalue weighted by atomic mass is 79.9. The van der Waals surface area contributed by atoms with Crippen molar-refractivity contribution in [3.05, 3.63) is 44.6 Å². The minimum atomic E-state index is -0.802. The Kier molecular flexibility index (Phi) is 5.30. The summed E-state index contributed by atoms with van der Waals surface area (Å²) < 4.78 is 11.6. The molecule has 3 nitrogen and oxygen atoms in total. The van der Waals surface area contributed by atoms with Crippen molar-refractivity contribution in [2.24, 2.45) is 0 Å². The minimum Gasteiger partial charge on any atom is -0.493 e. The summed E-state index contributed by atoms with van der Waals surface area (Å²) in [6, 6.07) is 9.79. The summed E-state index contributed by atoms with van der Waals surface area (Å²) in [4.78, 5) is 1.16. The first kappa shape index (κ1) is 16.3. The number of aliphatic hydroxyl groups is 1. The predicted octanol–water partition coefficient (Wildman–Crippen LogP) is 4.06. The standard InChI is InChI=1S/C16H19BrO3S/c1-16(18,10-12-5-7-15(17)21-12)9-11-4-6-13(19-2)14(8-11)20-3/h4-8,18H,9-10H2,1-3H3. The zero-order valence-electron chi connectivity index (χ0n) is 12.4. The number of benzene rings is 1. The largest absolute Gasteiger partial charge is 0.493 e. The van der Waals surface area contributed by atoms with E-state index in [1.165, 1.54) is 0 Å². The van der Waals surface area contributed by atoms with Gasteiger partial charge in [-0.05, 0) is 52.7 Å². The monoisotopic (exact) mass is 370 g/mol. The Balaban J connectivity index is 2.12. The molecule has 0 radical (unpaired) electrons. The molecule has 114 valence electrons. The third-order valence-electron chi connectivity index (χ3n) is 3.22. The third-order valence-corrected chi connectivity index (χ3v) is 4.84. The first-order valence-electron chi connectivity index (χ1n) is 6.61. The first-order chi connectivity index (χ1) is 9.93. The molecule has 2 aromatic rings. The van der Waals surface area contributed by atoms with Gasteiger partial charge in [-0.2, -0.15) is 0 Å². The molecule has 2 rings (SSSR count). The van der Waals surface area contributed by atoms with E-state index in [4.69, 9.17) is 9.47 Å². The van der Waals surface area contributed by atoms with Crippen LogP contribution in [0, 0.1) is 0 Å². The quantitative estimate of drug-likeness (QED) is 0.832. The zero-order valence-corrected chi connectivity index (χ0v) is 14.8. The Labute approximate surface area is 137 Å². The van der Waals surface area contributed by atoms with Crippen LogP contribution in [0.2, 0.25) is 0 Å². The molecule has 1 unspecified atom stereocenters. The van der Waals surface area contributed by atoms with E-state index < -0.39 is 5.60 Å². The van der Waals surface area contributed by atoms with E-state index in [1.807, 2.05) is 37.3 Å². The lowest BCUT2D eigenvalue weighted by Crippen LogP contribution is -2.29. The second-order valence-corrected chi connectivity index (χ2v) is 7.79. The van der Waals surface area contributed by atoms with E-state index in [1.54, 1.807) is 25.6 Å². The fourth-order valence-electron chi connectivity index (χ4n) is 2.31. The van der Waals surface area contributed by atoms with Crippen molar-refractivity contribution < 1.29 is 14.6 Å². The number of halogens is 1. The summed E-state index contributed by atoms with van der Waals surface area (Å²) in [5.41, 5.74) is 0.220. The highest BCUT2D eigenvalue weighted by Crippen LogP contribution is 2.31. The van der Waals surface area contributed by atoms with Gasteiger partial charge in [0.25, 0.3) is 0 Å². The van der Waals surface area contributed by atoms with E-state index >= 15 is 0 Å². The van der Waals surface area contributed by atoms with Gasteiger partial charge in [-0.1, -0.05) is 6.07 Å². The molecule has 0 saturated heterocycles. The van der Waals surface area contributed by atoms with Crippen LogP contribution >= 0.6 is 27.3 Å². The Morgan fingerprint density at radius 1 is 1.10 bits per heavy atom. The highest BCUT2D eigenvalue weighted by Gasteiger charge is 2.23. The van der Waals surface area contributed by atoms with Gasteiger partial charge in [-0.25, -0.2) is 0 Å². The molecular weight excluding hydrogens is 352 g/mol. The molecule has 0 fully saturated rings. The van der Waals surface area contributed by atoms with Gasteiger partial charge in [0.2, 0.25) is 0 Å². The van der Waals surface area contributed by atoms with Crippen LogP contribution in [0.1, 0.15) is 17.4 Å². The Bertz CT molecular complexity index is 607. The van der Waals surface area contributed by atoms with Gasteiger partial charge in [0.1, 0.15) is 0 Å². The highest BCUT2D eigenvalue weighted by molar-refractivity contribution is 9.11. The summed E-state index contributed by atoms with van der Waals surface area (Å²) in [6.07, 6.45) is 1.18. The molecule has 0 amide bonds. The zero-order chi connectivity index (χ0) is 15.5. The van der Waals surface area contributed by atoms with Crippen molar-refractivity contribution in [2.75, 3.05) is 14.2 Å². The molecule has 0 aliphatic rings. The van der Waals surface area contributed by atoms with E-state index in [2.05, 4.69) is 15.9 Å². The number of ether oxygens (including phenoxy) is 2. The normalized spacial score (nSPS) is 13.8. The molecule has 1 atom stereocenters. The molecular formula is C16H19BrO3S. The van der Waals surface area contributed by atoms with Crippen molar-refractivity contribution in [2.45, 2.75) is 25.4 Å². The summed E-state index contributed by atoms with van der Waals surface area (Å²) in [5.74, 6) is 1.38. The van der Waals surface area contributed by atoms with Crippen molar-refractivity contribution in [1.82, 2.24) is 0 Å². The molecule has 1 N–H and O–H groups in total. The Morgan fingerprint density at radius 3 is 2.38 bits per heavy atom. The van der Waals surface area contributed by atoms with Crippen molar-refractivity contribution in [3.63, 3.8) is 0 Å². The molecule has 1 aromatic carbocycles. The second kappa shape index (κ2) is 6.81. The smallest absolute Gasteiger partial charge is 0.160 e. The summed E-state index contributed by atoms with van der Waals surface area (Å²) in [7, 11) is 3.23. The molecule has 0 bridgehead atoms. The van der Waals surface area contributed by atoms with Gasteiger partial charge in [-0.3, -0.25) is 0 Å². The fourth-order valence-corrected chi connectivity index (χ4v) is 3.98. The van der Waals surface area contributed by atoms with Gasteiger partial charge < -0.3 is 14.6 Å². The Morgan fingerprint density at radius 2 is 1.81 bits per heavy atom.